The highest BCUT2D eigenvalue weighted by Crippen LogP contribution is 2.37. The van der Waals surface area contributed by atoms with Crippen LogP contribution in [0.4, 0.5) is 10.5 Å². The molecule has 3 atom stereocenters. The second kappa shape index (κ2) is 9.90. The minimum atomic E-state index is -3.83. The SMILES string of the molecule is C[C@H]1CN(c2cc(S(=O)(=O)NC3(C)CC3)cn3c(C(O)NC4CCC4)cnc23)C[C@H](C)N1C(=O)OC(C)(C)C. The van der Waals surface area contributed by atoms with Gasteiger partial charge in [0, 0.05) is 30.9 Å². The molecule has 0 bridgehead atoms. The normalized spacial score (nSPS) is 24.5. The number of carbonyl (C=O) groups is 1. The number of aliphatic hydroxyl groups excluding tert-OH is 1. The molecule has 2 aliphatic carbocycles. The average Bonchev–Trinajstić information content (AvgIpc) is 3.33. The third-order valence-corrected chi connectivity index (χ3v) is 9.53. The van der Waals surface area contributed by atoms with E-state index in [1.54, 1.807) is 27.8 Å². The van der Waals surface area contributed by atoms with E-state index >= 15 is 0 Å². The number of imidazole rings is 1. The van der Waals surface area contributed by atoms with Gasteiger partial charge >= 0.3 is 6.09 Å². The fourth-order valence-corrected chi connectivity index (χ4v) is 6.88. The summed E-state index contributed by atoms with van der Waals surface area (Å²) in [5.74, 6) is 0. The lowest BCUT2D eigenvalue weighted by Gasteiger charge is -2.45. The number of ether oxygens (including phenoxy) is 1. The summed E-state index contributed by atoms with van der Waals surface area (Å²) in [5.41, 5.74) is 0.652. The summed E-state index contributed by atoms with van der Waals surface area (Å²) in [6.45, 7) is 12.3. The van der Waals surface area contributed by atoms with Crippen molar-refractivity contribution in [1.82, 2.24) is 24.3 Å². The van der Waals surface area contributed by atoms with Crippen LogP contribution in [0.25, 0.3) is 5.65 Å². The summed E-state index contributed by atoms with van der Waals surface area (Å²) in [6.07, 6.45) is 6.52. The summed E-state index contributed by atoms with van der Waals surface area (Å²) in [5, 5.41) is 14.2. The zero-order valence-electron chi connectivity index (χ0n) is 23.8. The van der Waals surface area contributed by atoms with E-state index in [0.29, 0.717) is 30.1 Å². The number of piperazine rings is 1. The van der Waals surface area contributed by atoms with Crippen LogP contribution in [0.15, 0.2) is 23.4 Å². The molecule has 3 aliphatic rings. The summed E-state index contributed by atoms with van der Waals surface area (Å²) >= 11 is 0. The molecular weight excluding hydrogens is 520 g/mol. The monoisotopic (exact) mass is 562 g/mol. The Morgan fingerprint density at radius 2 is 1.85 bits per heavy atom. The van der Waals surface area contributed by atoms with Crippen molar-refractivity contribution in [2.24, 2.45) is 0 Å². The van der Waals surface area contributed by atoms with Crippen LogP contribution in [-0.2, 0) is 14.8 Å². The molecule has 1 saturated heterocycles. The van der Waals surface area contributed by atoms with Crippen molar-refractivity contribution in [3.63, 3.8) is 0 Å². The van der Waals surface area contributed by atoms with Crippen molar-refractivity contribution in [1.29, 1.82) is 0 Å². The molecule has 12 heteroatoms. The van der Waals surface area contributed by atoms with Gasteiger partial charge in [-0.3, -0.25) is 14.6 Å². The molecule has 39 heavy (non-hydrogen) atoms. The first-order chi connectivity index (χ1) is 18.2. The smallest absolute Gasteiger partial charge is 0.410 e. The summed E-state index contributed by atoms with van der Waals surface area (Å²) in [6, 6.07) is 1.52. The maximum atomic E-state index is 13.5. The van der Waals surface area contributed by atoms with Crippen LogP contribution in [0.3, 0.4) is 0 Å². The highest BCUT2D eigenvalue weighted by atomic mass is 32.2. The van der Waals surface area contributed by atoms with Crippen LogP contribution in [-0.4, -0.2) is 76.3 Å². The van der Waals surface area contributed by atoms with E-state index in [2.05, 4.69) is 19.9 Å². The molecule has 1 amide bonds. The standard InChI is InChI=1S/C27H42N6O5S/c1-17-14-31(15-18(2)33(17)25(35)38-26(3,4)5)21-12-20(39(36,37)30-27(6)10-11-27)16-32-22(13-28-23(21)32)24(34)29-19-8-7-9-19/h12-13,16-19,24,29-30,34H,7-11,14-15H2,1-6H3/t17-,18-,24?/m0/s1. The third-order valence-electron chi connectivity index (χ3n) is 7.92. The van der Waals surface area contributed by atoms with Crippen LogP contribution in [0, 0.1) is 0 Å². The van der Waals surface area contributed by atoms with E-state index < -0.39 is 27.4 Å². The van der Waals surface area contributed by atoms with Crippen LogP contribution in [0.2, 0.25) is 0 Å². The number of pyridine rings is 1. The zero-order chi connectivity index (χ0) is 28.3. The molecule has 3 heterocycles. The fraction of sp³-hybridized carbons (Fsp3) is 0.704. The van der Waals surface area contributed by atoms with E-state index in [4.69, 9.17) is 4.74 Å². The summed E-state index contributed by atoms with van der Waals surface area (Å²) in [4.78, 5) is 21.5. The Morgan fingerprint density at radius 1 is 1.21 bits per heavy atom. The molecule has 0 spiro atoms. The molecule has 0 radical (unpaired) electrons. The first-order valence-corrected chi connectivity index (χ1v) is 15.4. The Morgan fingerprint density at radius 3 is 2.38 bits per heavy atom. The molecular formula is C27H42N6O5S. The van der Waals surface area contributed by atoms with Crippen molar-refractivity contribution in [3.05, 3.63) is 24.2 Å². The summed E-state index contributed by atoms with van der Waals surface area (Å²) in [7, 11) is -3.83. The van der Waals surface area contributed by atoms with Gasteiger partial charge in [-0.15, -0.1) is 0 Å². The van der Waals surface area contributed by atoms with Crippen molar-refractivity contribution >= 4 is 27.5 Å². The average molecular weight is 563 g/mol. The number of anilines is 1. The zero-order valence-corrected chi connectivity index (χ0v) is 24.6. The molecule has 3 N–H and O–H groups in total. The minimum Gasteiger partial charge on any atom is -0.444 e. The Kier molecular flexibility index (Phi) is 7.14. The molecule has 3 fully saturated rings. The number of hydrogen-bond acceptors (Lipinski definition) is 8. The van der Waals surface area contributed by atoms with Crippen LogP contribution < -0.4 is 14.9 Å². The first kappa shape index (κ1) is 28.1. The lowest BCUT2D eigenvalue weighted by molar-refractivity contribution is 0.00566. The van der Waals surface area contributed by atoms with Gasteiger partial charge in [0.2, 0.25) is 10.0 Å². The molecule has 1 unspecified atom stereocenters. The first-order valence-electron chi connectivity index (χ1n) is 13.9. The van der Waals surface area contributed by atoms with E-state index in [1.807, 2.05) is 41.5 Å². The molecule has 2 saturated carbocycles. The van der Waals surface area contributed by atoms with Gasteiger partial charge < -0.3 is 14.7 Å². The van der Waals surface area contributed by atoms with Gasteiger partial charge in [0.05, 0.1) is 29.7 Å². The number of fused-ring (bicyclic) bond motifs is 1. The van der Waals surface area contributed by atoms with Crippen molar-refractivity contribution in [2.45, 2.75) is 114 Å². The van der Waals surface area contributed by atoms with Crippen molar-refractivity contribution < 1.29 is 23.1 Å². The Hall–Kier alpha value is -2.41. The number of aromatic nitrogens is 2. The maximum absolute atomic E-state index is 13.5. The number of rotatable bonds is 7. The molecule has 216 valence electrons. The Balaban J connectivity index is 1.51. The van der Waals surface area contributed by atoms with Gasteiger partial charge in [-0.05, 0) is 73.3 Å². The van der Waals surface area contributed by atoms with Crippen molar-refractivity contribution in [2.75, 3.05) is 18.0 Å². The van der Waals surface area contributed by atoms with E-state index in [1.165, 1.54) is 0 Å². The van der Waals surface area contributed by atoms with Gasteiger partial charge in [-0.2, -0.15) is 0 Å². The molecule has 2 aromatic heterocycles. The number of aliphatic hydroxyl groups is 1. The fourth-order valence-electron chi connectivity index (χ4n) is 5.40. The second-order valence-electron chi connectivity index (χ2n) is 12.8. The van der Waals surface area contributed by atoms with Crippen LogP contribution >= 0.6 is 0 Å². The number of carbonyl (C=O) groups excluding carboxylic acids is 1. The predicted octanol–water partition coefficient (Wildman–Crippen LogP) is 3.13. The second-order valence-corrected chi connectivity index (χ2v) is 14.5. The molecule has 11 nitrogen and oxygen atoms in total. The third kappa shape index (κ3) is 5.89. The lowest BCUT2D eigenvalue weighted by atomic mass is 9.93. The van der Waals surface area contributed by atoms with Gasteiger partial charge in [0.25, 0.3) is 0 Å². The summed E-state index contributed by atoms with van der Waals surface area (Å²) < 4.78 is 37.2. The van der Waals surface area contributed by atoms with E-state index in [9.17, 15) is 18.3 Å². The van der Waals surface area contributed by atoms with E-state index in [-0.39, 0.29) is 29.1 Å². The molecule has 5 rings (SSSR count). The van der Waals surface area contributed by atoms with Gasteiger partial charge in [0.1, 0.15) is 16.7 Å². The highest BCUT2D eigenvalue weighted by molar-refractivity contribution is 7.89. The lowest BCUT2D eigenvalue weighted by Crippen LogP contribution is -2.59. The van der Waals surface area contributed by atoms with Crippen LogP contribution in [0.5, 0.6) is 0 Å². The molecule has 1 aliphatic heterocycles. The Bertz CT molecular complexity index is 1330. The van der Waals surface area contributed by atoms with Crippen molar-refractivity contribution in [3.8, 4) is 0 Å². The largest absolute Gasteiger partial charge is 0.444 e. The van der Waals surface area contributed by atoms with E-state index in [0.717, 1.165) is 32.1 Å². The quantitative estimate of drug-likeness (QED) is 0.439. The number of nitrogens with one attached hydrogen (secondary N) is 2. The Labute approximate surface area is 231 Å². The number of sulfonamides is 1. The van der Waals surface area contributed by atoms with Gasteiger partial charge in [0.15, 0.2) is 5.65 Å². The van der Waals surface area contributed by atoms with Crippen LogP contribution in [0.1, 0.15) is 85.6 Å². The maximum Gasteiger partial charge on any atom is 0.410 e. The topological polar surface area (TPSA) is 129 Å². The predicted molar refractivity (Wildman–Crippen MR) is 148 cm³/mol. The minimum absolute atomic E-state index is 0.114. The molecule has 0 aromatic carbocycles. The number of amides is 1. The number of hydrogen-bond donors (Lipinski definition) is 3. The highest BCUT2D eigenvalue weighted by Gasteiger charge is 2.42. The number of nitrogens with zero attached hydrogens (tertiary/aromatic N) is 4. The molecule has 2 aromatic rings. The van der Waals surface area contributed by atoms with Gasteiger partial charge in [-0.1, -0.05) is 6.42 Å². The van der Waals surface area contributed by atoms with Gasteiger partial charge in [-0.25, -0.2) is 22.9 Å².